The summed E-state index contributed by atoms with van der Waals surface area (Å²) in [7, 11) is 3.85. The molecule has 0 bridgehead atoms. The van der Waals surface area contributed by atoms with Gasteiger partial charge in [0.05, 0.1) is 25.4 Å². The molecule has 0 radical (unpaired) electrons. The highest BCUT2D eigenvalue weighted by atomic mass is 16.5. The van der Waals surface area contributed by atoms with Crippen molar-refractivity contribution in [1.82, 2.24) is 0 Å². The van der Waals surface area contributed by atoms with Crippen LogP contribution in [0.4, 0.5) is 22.7 Å². The van der Waals surface area contributed by atoms with Crippen LogP contribution in [0.1, 0.15) is 13.3 Å². The van der Waals surface area contributed by atoms with Gasteiger partial charge >= 0.3 is 0 Å². The van der Waals surface area contributed by atoms with Crippen molar-refractivity contribution in [3.8, 4) is 0 Å². The third kappa shape index (κ3) is 8.90. The number of amides is 2. The number of aliphatic hydroxyl groups excluding tert-OH is 2. The zero-order valence-corrected chi connectivity index (χ0v) is 23.7. The number of hydrogen-bond donors (Lipinski definition) is 3. The average molecular weight is 558 g/mol. The van der Waals surface area contributed by atoms with Crippen LogP contribution in [-0.2, 0) is 19.1 Å². The fourth-order valence-corrected chi connectivity index (χ4v) is 4.40. The van der Waals surface area contributed by atoms with Crippen LogP contribution in [0.3, 0.4) is 0 Å². The highest BCUT2D eigenvalue weighted by Crippen LogP contribution is 2.23. The Kier molecular flexibility index (Phi) is 12.2. The summed E-state index contributed by atoms with van der Waals surface area (Å²) in [5.41, 5.74) is 9.17. The second-order valence-corrected chi connectivity index (χ2v) is 9.94. The number of aliphatic hydroxyl groups is 2. The SMILES string of the molecule is CC[C@H](O)CN(C)c1ccc(N2CCOCC2=O)cc1.CN(C[C@@H](O)CN)c1ccc(N2CCOCC2=O)cc1. The molecule has 0 unspecified atom stereocenters. The van der Waals surface area contributed by atoms with E-state index < -0.39 is 6.10 Å². The van der Waals surface area contributed by atoms with Gasteiger partial charge in [0.2, 0.25) is 0 Å². The molecule has 2 atom stereocenters. The predicted octanol–water partition coefficient (Wildman–Crippen LogP) is 1.06. The van der Waals surface area contributed by atoms with Crippen molar-refractivity contribution in [2.45, 2.75) is 25.6 Å². The summed E-state index contributed by atoms with van der Waals surface area (Å²) in [5.74, 6) is -0.0188. The second-order valence-electron chi connectivity index (χ2n) is 9.94. The van der Waals surface area contributed by atoms with Crippen LogP contribution in [0.5, 0.6) is 0 Å². The lowest BCUT2D eigenvalue weighted by Crippen LogP contribution is -2.41. The van der Waals surface area contributed by atoms with Crippen molar-refractivity contribution in [3.05, 3.63) is 48.5 Å². The predicted molar refractivity (Wildman–Crippen MR) is 157 cm³/mol. The molecule has 2 aromatic rings. The van der Waals surface area contributed by atoms with E-state index in [1.165, 1.54) is 0 Å². The molecule has 0 saturated carbocycles. The van der Waals surface area contributed by atoms with E-state index in [0.717, 1.165) is 29.2 Å². The number of hydrogen-bond acceptors (Lipinski definition) is 9. The third-order valence-electron chi connectivity index (χ3n) is 6.89. The molecule has 40 heavy (non-hydrogen) atoms. The lowest BCUT2D eigenvalue weighted by Gasteiger charge is -2.28. The summed E-state index contributed by atoms with van der Waals surface area (Å²) in [4.78, 5) is 30.9. The van der Waals surface area contributed by atoms with Crippen molar-refractivity contribution in [2.24, 2.45) is 5.73 Å². The first kappa shape index (κ1) is 31.3. The molecule has 2 saturated heterocycles. The van der Waals surface area contributed by atoms with Gasteiger partial charge in [0.15, 0.2) is 0 Å². The highest BCUT2D eigenvalue weighted by Gasteiger charge is 2.21. The van der Waals surface area contributed by atoms with E-state index in [0.29, 0.717) is 39.4 Å². The molecule has 220 valence electrons. The van der Waals surface area contributed by atoms with Gasteiger partial charge in [-0.25, -0.2) is 0 Å². The fourth-order valence-electron chi connectivity index (χ4n) is 4.40. The lowest BCUT2D eigenvalue weighted by atomic mass is 10.2. The molecule has 2 fully saturated rings. The van der Waals surface area contributed by atoms with Gasteiger partial charge in [0.25, 0.3) is 11.8 Å². The first-order valence-corrected chi connectivity index (χ1v) is 13.7. The average Bonchev–Trinajstić information content (AvgIpc) is 2.98. The Labute approximate surface area is 236 Å². The van der Waals surface area contributed by atoms with Crippen LogP contribution in [-0.4, -0.2) is 107 Å². The molecule has 0 spiro atoms. The van der Waals surface area contributed by atoms with Gasteiger partial charge in [-0.3, -0.25) is 9.59 Å². The number of nitrogens with two attached hydrogens (primary N) is 1. The molecule has 2 amide bonds. The zero-order valence-electron chi connectivity index (χ0n) is 23.7. The minimum Gasteiger partial charge on any atom is -0.391 e. The van der Waals surface area contributed by atoms with Crippen LogP contribution in [0.15, 0.2) is 48.5 Å². The first-order valence-electron chi connectivity index (χ1n) is 13.7. The number of likely N-dealkylation sites (N-methyl/N-ethyl adjacent to an activating group) is 2. The maximum atomic E-state index is 11.8. The Morgan fingerprint density at radius 3 is 1.52 bits per heavy atom. The summed E-state index contributed by atoms with van der Waals surface area (Å²) in [6, 6.07) is 15.5. The molecular formula is C29H43N5O6. The lowest BCUT2D eigenvalue weighted by molar-refractivity contribution is -0.126. The molecule has 11 heteroatoms. The topological polar surface area (TPSA) is 132 Å². The Balaban J connectivity index is 0.000000220. The summed E-state index contributed by atoms with van der Waals surface area (Å²) in [5, 5.41) is 19.2. The monoisotopic (exact) mass is 557 g/mol. The van der Waals surface area contributed by atoms with Gasteiger partial charge < -0.3 is 45.0 Å². The molecular weight excluding hydrogens is 514 g/mol. The van der Waals surface area contributed by atoms with Gasteiger partial charge in [-0.05, 0) is 55.0 Å². The van der Waals surface area contributed by atoms with Crippen LogP contribution < -0.4 is 25.3 Å². The molecule has 2 aromatic carbocycles. The van der Waals surface area contributed by atoms with Gasteiger partial charge in [0, 0.05) is 69.6 Å². The number of carbonyl (C=O) groups excluding carboxylic acids is 2. The normalized spacial score (nSPS) is 17.1. The van der Waals surface area contributed by atoms with E-state index in [1.54, 1.807) is 9.80 Å². The first-order chi connectivity index (χ1) is 19.2. The highest BCUT2D eigenvalue weighted by molar-refractivity contribution is 5.95. The Hall–Kier alpha value is -3.22. The van der Waals surface area contributed by atoms with Crippen molar-refractivity contribution in [3.63, 3.8) is 0 Å². The summed E-state index contributed by atoms with van der Waals surface area (Å²) in [6.07, 6.45) is -0.119. The zero-order chi connectivity index (χ0) is 29.1. The number of benzene rings is 2. The van der Waals surface area contributed by atoms with Crippen LogP contribution >= 0.6 is 0 Å². The quantitative estimate of drug-likeness (QED) is 0.392. The summed E-state index contributed by atoms with van der Waals surface area (Å²) in [6.45, 7) is 5.92. The Morgan fingerprint density at radius 2 is 1.18 bits per heavy atom. The molecule has 0 aromatic heterocycles. The van der Waals surface area contributed by atoms with Gasteiger partial charge in [-0.1, -0.05) is 6.92 Å². The number of morpholine rings is 2. The number of ether oxygens (including phenoxy) is 2. The molecule has 4 rings (SSSR count). The number of nitrogens with zero attached hydrogens (tertiary/aromatic N) is 4. The fraction of sp³-hybridized carbons (Fsp3) is 0.517. The molecule has 2 aliphatic heterocycles. The van der Waals surface area contributed by atoms with Gasteiger partial charge in [-0.2, -0.15) is 0 Å². The van der Waals surface area contributed by atoms with Crippen molar-refractivity contribution in [1.29, 1.82) is 0 Å². The van der Waals surface area contributed by atoms with E-state index in [-0.39, 0.29) is 37.7 Å². The van der Waals surface area contributed by atoms with E-state index in [4.69, 9.17) is 15.2 Å². The summed E-state index contributed by atoms with van der Waals surface area (Å²) < 4.78 is 10.2. The molecule has 0 aliphatic carbocycles. The smallest absolute Gasteiger partial charge is 0.253 e. The molecule has 2 aliphatic rings. The number of carbonyl (C=O) groups is 2. The Morgan fingerprint density at radius 1 is 0.775 bits per heavy atom. The van der Waals surface area contributed by atoms with Crippen molar-refractivity contribution < 1.29 is 29.3 Å². The van der Waals surface area contributed by atoms with Crippen molar-refractivity contribution >= 4 is 34.6 Å². The number of rotatable bonds is 10. The number of anilines is 4. The van der Waals surface area contributed by atoms with Crippen LogP contribution in [0.25, 0.3) is 0 Å². The van der Waals surface area contributed by atoms with E-state index in [2.05, 4.69) is 0 Å². The second kappa shape index (κ2) is 15.5. The van der Waals surface area contributed by atoms with Crippen LogP contribution in [0.2, 0.25) is 0 Å². The van der Waals surface area contributed by atoms with E-state index >= 15 is 0 Å². The molecule has 11 nitrogen and oxygen atoms in total. The summed E-state index contributed by atoms with van der Waals surface area (Å²) >= 11 is 0. The minimum atomic E-state index is -0.541. The Bertz CT molecular complexity index is 982. The maximum absolute atomic E-state index is 11.8. The molecule has 4 N–H and O–H groups in total. The largest absolute Gasteiger partial charge is 0.391 e. The van der Waals surface area contributed by atoms with Gasteiger partial charge in [0.1, 0.15) is 13.2 Å². The molecule has 2 heterocycles. The maximum Gasteiger partial charge on any atom is 0.253 e. The van der Waals surface area contributed by atoms with Crippen LogP contribution in [0, 0.1) is 0 Å². The van der Waals surface area contributed by atoms with Gasteiger partial charge in [-0.15, -0.1) is 0 Å². The van der Waals surface area contributed by atoms with E-state index in [9.17, 15) is 19.8 Å². The third-order valence-corrected chi connectivity index (χ3v) is 6.89. The van der Waals surface area contributed by atoms with Crippen molar-refractivity contribution in [2.75, 3.05) is 92.8 Å². The minimum absolute atomic E-state index is 0.00115. The van der Waals surface area contributed by atoms with E-state index in [1.807, 2.05) is 79.3 Å². The standard InChI is InChI=1S/C15H22N2O3.C14H21N3O3/c1-3-14(18)10-16(2)12-4-6-13(7-5-12)17-8-9-20-11-15(17)19;1-16(9-13(18)8-15)11-2-4-12(5-3-11)17-6-7-20-10-14(17)19/h4-7,14,18H,3,8-11H2,1-2H3;2-5,13,18H,6-10,15H2,1H3/t14-;13-/m00/s1.